The number of alkyl carbamates (subject to hydrolysis) is 1. The minimum atomic E-state index is -0.878. The van der Waals surface area contributed by atoms with Crippen LogP contribution in [0.4, 0.5) is 4.79 Å². The first kappa shape index (κ1) is 22.8. The van der Waals surface area contributed by atoms with Gasteiger partial charge in [-0.05, 0) is 41.5 Å². The molecule has 2 aliphatic carbocycles. The van der Waals surface area contributed by atoms with Crippen LogP contribution < -0.4 is 10.6 Å². The topological polar surface area (TPSA) is 105 Å². The van der Waals surface area contributed by atoms with Gasteiger partial charge in [0, 0.05) is 25.4 Å². The lowest BCUT2D eigenvalue weighted by molar-refractivity contribution is -0.137. The van der Waals surface area contributed by atoms with Crippen LogP contribution in [0.15, 0.2) is 48.5 Å². The molecule has 7 heteroatoms. The number of carboxylic acid groups (broad SMARTS) is 1. The van der Waals surface area contributed by atoms with E-state index in [0.29, 0.717) is 25.8 Å². The van der Waals surface area contributed by atoms with Gasteiger partial charge in [0.05, 0.1) is 5.41 Å². The van der Waals surface area contributed by atoms with Gasteiger partial charge in [-0.3, -0.25) is 9.59 Å². The standard InChI is InChI=1S/C26H30N2O5/c29-23(30)12-7-15-27-24(31)26(13-5-6-14-26)17-28-25(32)33-16-22-20-10-3-1-8-18(20)19-9-2-4-11-21(19)22/h1-4,8-11,22H,5-7,12-17H2,(H,27,31)(H,28,32)(H,29,30). The Bertz CT molecular complexity index is 983. The fourth-order valence-corrected chi connectivity index (χ4v) is 5.06. The molecule has 0 heterocycles. The van der Waals surface area contributed by atoms with Crippen molar-refractivity contribution in [3.05, 3.63) is 59.7 Å². The second-order valence-corrected chi connectivity index (χ2v) is 8.92. The third-order valence-electron chi connectivity index (χ3n) is 6.81. The number of carboxylic acids is 1. The molecular formula is C26H30N2O5. The first-order valence-electron chi connectivity index (χ1n) is 11.6. The van der Waals surface area contributed by atoms with E-state index in [1.54, 1.807) is 0 Å². The van der Waals surface area contributed by atoms with Crippen LogP contribution in [0.2, 0.25) is 0 Å². The highest BCUT2D eigenvalue weighted by molar-refractivity contribution is 5.84. The molecule has 0 spiro atoms. The highest BCUT2D eigenvalue weighted by atomic mass is 16.5. The summed E-state index contributed by atoms with van der Waals surface area (Å²) in [7, 11) is 0. The van der Waals surface area contributed by atoms with Gasteiger partial charge in [0.1, 0.15) is 6.61 Å². The number of amides is 2. The Morgan fingerprint density at radius 1 is 0.939 bits per heavy atom. The first-order chi connectivity index (χ1) is 16.0. The summed E-state index contributed by atoms with van der Waals surface area (Å²) < 4.78 is 5.60. The Morgan fingerprint density at radius 2 is 1.55 bits per heavy atom. The van der Waals surface area contributed by atoms with Crippen LogP contribution in [0.25, 0.3) is 11.1 Å². The van der Waals surface area contributed by atoms with Crippen LogP contribution in [-0.2, 0) is 14.3 Å². The van der Waals surface area contributed by atoms with Gasteiger partial charge in [0.2, 0.25) is 5.91 Å². The predicted octanol–water partition coefficient (Wildman–Crippen LogP) is 4.07. The van der Waals surface area contributed by atoms with Crippen LogP contribution in [-0.4, -0.2) is 42.8 Å². The van der Waals surface area contributed by atoms with Crippen molar-refractivity contribution in [2.24, 2.45) is 5.41 Å². The largest absolute Gasteiger partial charge is 0.481 e. The van der Waals surface area contributed by atoms with Crippen LogP contribution >= 0.6 is 0 Å². The highest BCUT2D eigenvalue weighted by Gasteiger charge is 2.41. The summed E-state index contributed by atoms with van der Waals surface area (Å²) in [5.41, 5.74) is 3.99. The van der Waals surface area contributed by atoms with Crippen LogP contribution in [0.1, 0.15) is 55.6 Å². The van der Waals surface area contributed by atoms with Crippen molar-refractivity contribution in [3.8, 4) is 11.1 Å². The zero-order valence-corrected chi connectivity index (χ0v) is 18.6. The molecule has 33 heavy (non-hydrogen) atoms. The SMILES string of the molecule is O=C(O)CCCNC(=O)C1(CNC(=O)OCC2c3ccccc3-c3ccccc32)CCCC1. The molecule has 0 aliphatic heterocycles. The molecule has 2 aromatic rings. The maximum Gasteiger partial charge on any atom is 0.407 e. The van der Waals surface area contributed by atoms with Crippen LogP contribution in [0.5, 0.6) is 0 Å². The fourth-order valence-electron chi connectivity index (χ4n) is 5.06. The number of ether oxygens (including phenoxy) is 1. The van der Waals surface area contributed by atoms with Crippen molar-refractivity contribution < 1.29 is 24.2 Å². The maximum absolute atomic E-state index is 12.8. The molecule has 0 unspecified atom stereocenters. The van der Waals surface area contributed by atoms with E-state index in [9.17, 15) is 14.4 Å². The van der Waals surface area contributed by atoms with E-state index in [2.05, 4.69) is 34.9 Å². The van der Waals surface area contributed by atoms with Gasteiger partial charge in [0.15, 0.2) is 0 Å². The van der Waals surface area contributed by atoms with Crippen molar-refractivity contribution in [3.63, 3.8) is 0 Å². The number of carbonyl (C=O) groups is 3. The number of benzene rings is 2. The van der Waals surface area contributed by atoms with Gasteiger partial charge in [-0.2, -0.15) is 0 Å². The number of aliphatic carboxylic acids is 1. The molecule has 2 aromatic carbocycles. The van der Waals surface area contributed by atoms with Gasteiger partial charge < -0.3 is 20.5 Å². The van der Waals surface area contributed by atoms with E-state index in [0.717, 1.165) is 24.0 Å². The molecule has 1 saturated carbocycles. The minimum Gasteiger partial charge on any atom is -0.481 e. The van der Waals surface area contributed by atoms with Gasteiger partial charge in [-0.15, -0.1) is 0 Å². The molecule has 174 valence electrons. The fraction of sp³-hybridized carbons (Fsp3) is 0.423. The molecule has 0 radical (unpaired) electrons. The summed E-state index contributed by atoms with van der Waals surface area (Å²) in [6, 6.07) is 16.3. The summed E-state index contributed by atoms with van der Waals surface area (Å²) in [6.45, 7) is 0.764. The highest BCUT2D eigenvalue weighted by Crippen LogP contribution is 2.44. The lowest BCUT2D eigenvalue weighted by Gasteiger charge is -2.28. The molecule has 0 bridgehead atoms. The average Bonchev–Trinajstić information content (AvgIpc) is 3.43. The predicted molar refractivity (Wildman–Crippen MR) is 124 cm³/mol. The van der Waals surface area contributed by atoms with Crippen molar-refractivity contribution in [2.75, 3.05) is 19.7 Å². The van der Waals surface area contributed by atoms with Crippen molar-refractivity contribution in [2.45, 2.75) is 44.4 Å². The maximum atomic E-state index is 12.8. The number of fused-ring (bicyclic) bond motifs is 3. The molecule has 7 nitrogen and oxygen atoms in total. The third kappa shape index (κ3) is 5.02. The monoisotopic (exact) mass is 450 g/mol. The zero-order chi connectivity index (χ0) is 23.3. The summed E-state index contributed by atoms with van der Waals surface area (Å²) in [5.74, 6) is -1.01. The van der Waals surface area contributed by atoms with E-state index < -0.39 is 17.5 Å². The molecule has 0 atom stereocenters. The average molecular weight is 451 g/mol. The number of rotatable bonds is 9. The first-order valence-corrected chi connectivity index (χ1v) is 11.6. The smallest absolute Gasteiger partial charge is 0.407 e. The Hall–Kier alpha value is -3.35. The normalized spacial score (nSPS) is 16.0. The molecule has 1 fully saturated rings. The molecule has 2 aliphatic rings. The summed E-state index contributed by atoms with van der Waals surface area (Å²) in [4.78, 5) is 36.0. The summed E-state index contributed by atoms with van der Waals surface area (Å²) in [5, 5.41) is 14.4. The molecule has 4 rings (SSSR count). The van der Waals surface area contributed by atoms with Crippen LogP contribution in [0, 0.1) is 5.41 Å². The minimum absolute atomic E-state index is 0.0128. The van der Waals surface area contributed by atoms with E-state index in [1.165, 1.54) is 11.1 Å². The van der Waals surface area contributed by atoms with Crippen molar-refractivity contribution in [1.82, 2.24) is 10.6 Å². The van der Waals surface area contributed by atoms with Crippen LogP contribution in [0.3, 0.4) is 0 Å². The third-order valence-corrected chi connectivity index (χ3v) is 6.81. The molecule has 0 aromatic heterocycles. The van der Waals surface area contributed by atoms with Gasteiger partial charge in [-0.25, -0.2) is 4.79 Å². The van der Waals surface area contributed by atoms with E-state index >= 15 is 0 Å². The Kier molecular flexibility index (Phi) is 6.96. The van der Waals surface area contributed by atoms with Gasteiger partial charge in [0.25, 0.3) is 0 Å². The number of carbonyl (C=O) groups excluding carboxylic acids is 2. The van der Waals surface area contributed by atoms with E-state index in [1.807, 2.05) is 24.3 Å². The molecule has 0 saturated heterocycles. The second-order valence-electron chi connectivity index (χ2n) is 8.92. The second kappa shape index (κ2) is 10.1. The molecular weight excluding hydrogens is 420 g/mol. The summed E-state index contributed by atoms with van der Waals surface area (Å²) >= 11 is 0. The Morgan fingerprint density at radius 3 is 2.15 bits per heavy atom. The van der Waals surface area contributed by atoms with Gasteiger partial charge >= 0.3 is 12.1 Å². The number of hydrogen-bond acceptors (Lipinski definition) is 4. The van der Waals surface area contributed by atoms with Crippen molar-refractivity contribution in [1.29, 1.82) is 0 Å². The molecule has 3 N–H and O–H groups in total. The van der Waals surface area contributed by atoms with E-state index in [4.69, 9.17) is 9.84 Å². The molecule has 2 amide bonds. The number of nitrogens with one attached hydrogen (secondary N) is 2. The zero-order valence-electron chi connectivity index (χ0n) is 18.6. The van der Waals surface area contributed by atoms with Crippen molar-refractivity contribution >= 4 is 18.0 Å². The lowest BCUT2D eigenvalue weighted by Crippen LogP contribution is -2.47. The van der Waals surface area contributed by atoms with Gasteiger partial charge in [-0.1, -0.05) is 61.4 Å². The Labute approximate surface area is 193 Å². The Balaban J connectivity index is 1.32. The number of hydrogen-bond donors (Lipinski definition) is 3. The van der Waals surface area contributed by atoms with E-state index in [-0.39, 0.29) is 31.4 Å². The summed E-state index contributed by atoms with van der Waals surface area (Å²) in [6.07, 6.45) is 3.12. The quantitative estimate of drug-likeness (QED) is 0.500. The lowest BCUT2D eigenvalue weighted by atomic mass is 9.85.